The van der Waals surface area contributed by atoms with Gasteiger partial charge in [0.15, 0.2) is 11.5 Å². The standard InChI is InChI=1S/C17H21N3O5S/c1-20-10-12(9-18-20)16(11-7-13(21)8-11)19-26(22,23)15-4-2-3-14-17(15)25-6-5-24-14/h2-4,9-11,13,16,19,21H,5-8H2,1H3/t11?,13?,16-/m1/s1. The number of aromatic nitrogens is 2. The van der Waals surface area contributed by atoms with Crippen LogP contribution in [0.4, 0.5) is 0 Å². The van der Waals surface area contributed by atoms with Crippen LogP contribution in [0.3, 0.4) is 0 Å². The molecule has 1 atom stereocenters. The Morgan fingerprint density at radius 2 is 2.08 bits per heavy atom. The summed E-state index contributed by atoms with van der Waals surface area (Å²) < 4.78 is 41.6. The number of nitrogens with one attached hydrogen (secondary N) is 1. The first kappa shape index (κ1) is 17.3. The third kappa shape index (κ3) is 3.17. The Labute approximate surface area is 151 Å². The molecule has 0 radical (unpaired) electrons. The number of hydrogen-bond acceptors (Lipinski definition) is 6. The molecule has 1 saturated carbocycles. The minimum Gasteiger partial charge on any atom is -0.486 e. The smallest absolute Gasteiger partial charge is 0.244 e. The van der Waals surface area contributed by atoms with Crippen LogP contribution in [0, 0.1) is 5.92 Å². The number of nitrogens with zero attached hydrogens (tertiary/aromatic N) is 2. The molecule has 140 valence electrons. The molecule has 2 aromatic rings. The fourth-order valence-electron chi connectivity index (χ4n) is 3.43. The third-order valence-corrected chi connectivity index (χ3v) is 6.27. The van der Waals surface area contributed by atoms with Gasteiger partial charge < -0.3 is 14.6 Å². The van der Waals surface area contributed by atoms with Gasteiger partial charge in [0.2, 0.25) is 10.0 Å². The lowest BCUT2D eigenvalue weighted by Gasteiger charge is -2.37. The maximum absolute atomic E-state index is 13.1. The van der Waals surface area contributed by atoms with Crippen LogP contribution in [0.2, 0.25) is 0 Å². The molecular formula is C17H21N3O5S. The molecule has 26 heavy (non-hydrogen) atoms. The summed E-state index contributed by atoms with van der Waals surface area (Å²) >= 11 is 0. The van der Waals surface area contributed by atoms with Crippen molar-refractivity contribution in [1.29, 1.82) is 0 Å². The Hall–Kier alpha value is -2.10. The van der Waals surface area contributed by atoms with Crippen molar-refractivity contribution in [3.05, 3.63) is 36.2 Å². The summed E-state index contributed by atoms with van der Waals surface area (Å²) in [4.78, 5) is 0.0588. The zero-order valence-corrected chi connectivity index (χ0v) is 15.1. The number of sulfonamides is 1. The SMILES string of the molecule is Cn1cc([C@H](NS(=O)(=O)c2cccc3c2OCCO3)C2CC(O)C2)cn1. The van der Waals surface area contributed by atoms with E-state index in [1.165, 1.54) is 6.07 Å². The summed E-state index contributed by atoms with van der Waals surface area (Å²) in [5.41, 5.74) is 0.773. The zero-order valence-electron chi connectivity index (χ0n) is 14.3. The molecule has 1 aliphatic carbocycles. The number of ether oxygens (including phenoxy) is 2. The second-order valence-electron chi connectivity index (χ2n) is 6.71. The van der Waals surface area contributed by atoms with E-state index in [4.69, 9.17) is 9.47 Å². The summed E-state index contributed by atoms with van der Waals surface area (Å²) in [6, 6.07) is 4.37. The van der Waals surface area contributed by atoms with Crippen molar-refractivity contribution >= 4 is 10.0 Å². The van der Waals surface area contributed by atoms with E-state index in [1.807, 2.05) is 0 Å². The van der Waals surface area contributed by atoms with Crippen molar-refractivity contribution in [3.63, 3.8) is 0 Å². The molecule has 4 rings (SSSR count). The van der Waals surface area contributed by atoms with Gasteiger partial charge in [-0.1, -0.05) is 6.07 Å². The summed E-state index contributed by atoms with van der Waals surface area (Å²) in [7, 11) is -2.07. The predicted octanol–water partition coefficient (Wildman–Crippen LogP) is 0.982. The Balaban J connectivity index is 1.66. The van der Waals surface area contributed by atoms with Crippen LogP contribution in [0.15, 0.2) is 35.5 Å². The molecule has 0 saturated heterocycles. The first-order valence-corrected chi connectivity index (χ1v) is 10.00. The zero-order chi connectivity index (χ0) is 18.3. The van der Waals surface area contributed by atoms with Gasteiger partial charge in [0.25, 0.3) is 0 Å². The Kier molecular flexibility index (Phi) is 4.37. The number of aliphatic hydroxyl groups excluding tert-OH is 1. The molecule has 0 amide bonds. The second kappa shape index (κ2) is 6.57. The fraction of sp³-hybridized carbons (Fsp3) is 0.471. The van der Waals surface area contributed by atoms with E-state index in [0.717, 1.165) is 5.56 Å². The number of rotatable bonds is 5. The van der Waals surface area contributed by atoms with Crippen molar-refractivity contribution in [2.75, 3.05) is 13.2 Å². The summed E-state index contributed by atoms with van der Waals surface area (Å²) in [6.07, 6.45) is 4.16. The molecule has 1 fully saturated rings. The molecule has 9 heteroatoms. The molecule has 8 nitrogen and oxygen atoms in total. The molecule has 2 N–H and O–H groups in total. The topological polar surface area (TPSA) is 103 Å². The molecule has 1 aromatic heterocycles. The largest absolute Gasteiger partial charge is 0.486 e. The average Bonchev–Trinajstić information content (AvgIpc) is 3.03. The number of benzene rings is 1. The van der Waals surface area contributed by atoms with Crippen molar-refractivity contribution < 1.29 is 23.0 Å². The highest BCUT2D eigenvalue weighted by atomic mass is 32.2. The highest BCUT2D eigenvalue weighted by molar-refractivity contribution is 7.89. The second-order valence-corrected chi connectivity index (χ2v) is 8.39. The third-order valence-electron chi connectivity index (χ3n) is 4.81. The fourth-order valence-corrected chi connectivity index (χ4v) is 4.88. The molecule has 1 aliphatic heterocycles. The number of aliphatic hydroxyl groups is 1. The van der Waals surface area contributed by atoms with E-state index in [9.17, 15) is 13.5 Å². The van der Waals surface area contributed by atoms with Crippen LogP contribution >= 0.6 is 0 Å². The number of para-hydroxylation sites is 1. The number of hydrogen-bond donors (Lipinski definition) is 2. The van der Waals surface area contributed by atoms with E-state index in [2.05, 4.69) is 9.82 Å². The van der Waals surface area contributed by atoms with Gasteiger partial charge in [0.1, 0.15) is 18.1 Å². The van der Waals surface area contributed by atoms with Gasteiger partial charge in [0, 0.05) is 18.8 Å². The molecule has 0 bridgehead atoms. The lowest BCUT2D eigenvalue weighted by molar-refractivity contribution is 0.0280. The maximum Gasteiger partial charge on any atom is 0.244 e. The van der Waals surface area contributed by atoms with Crippen molar-refractivity contribution in [3.8, 4) is 11.5 Å². The van der Waals surface area contributed by atoms with Crippen LogP contribution in [-0.4, -0.2) is 42.6 Å². The quantitative estimate of drug-likeness (QED) is 0.803. The predicted molar refractivity (Wildman–Crippen MR) is 92.4 cm³/mol. The molecular weight excluding hydrogens is 358 g/mol. The Morgan fingerprint density at radius 1 is 1.31 bits per heavy atom. The highest BCUT2D eigenvalue weighted by Crippen LogP contribution is 2.41. The van der Waals surface area contributed by atoms with E-state index >= 15 is 0 Å². The van der Waals surface area contributed by atoms with Crippen LogP contribution in [-0.2, 0) is 17.1 Å². The van der Waals surface area contributed by atoms with Gasteiger partial charge in [-0.05, 0) is 30.9 Å². The minimum atomic E-state index is -3.85. The van der Waals surface area contributed by atoms with Gasteiger partial charge in [-0.3, -0.25) is 4.68 Å². The average molecular weight is 379 g/mol. The van der Waals surface area contributed by atoms with Crippen LogP contribution in [0.1, 0.15) is 24.4 Å². The van der Waals surface area contributed by atoms with Gasteiger partial charge >= 0.3 is 0 Å². The van der Waals surface area contributed by atoms with E-state index in [0.29, 0.717) is 31.8 Å². The monoisotopic (exact) mass is 379 g/mol. The Bertz CT molecular complexity index is 905. The lowest BCUT2D eigenvalue weighted by atomic mass is 9.76. The number of aryl methyl sites for hydroxylation is 1. The van der Waals surface area contributed by atoms with Crippen molar-refractivity contribution in [2.24, 2.45) is 13.0 Å². The molecule has 2 aliphatic rings. The van der Waals surface area contributed by atoms with E-state index < -0.39 is 16.1 Å². The minimum absolute atomic E-state index is 0.0145. The first-order chi connectivity index (χ1) is 12.4. The van der Waals surface area contributed by atoms with E-state index in [1.54, 1.807) is 36.3 Å². The highest BCUT2D eigenvalue weighted by Gasteiger charge is 2.38. The van der Waals surface area contributed by atoms with Crippen molar-refractivity contribution in [2.45, 2.75) is 29.9 Å². The lowest BCUT2D eigenvalue weighted by Crippen LogP contribution is -2.41. The van der Waals surface area contributed by atoms with Crippen LogP contribution in [0.25, 0.3) is 0 Å². The summed E-state index contributed by atoms with van der Waals surface area (Å²) in [6.45, 7) is 0.697. The van der Waals surface area contributed by atoms with Crippen LogP contribution < -0.4 is 14.2 Å². The van der Waals surface area contributed by atoms with Gasteiger partial charge in [-0.25, -0.2) is 13.1 Å². The van der Waals surface area contributed by atoms with Crippen LogP contribution in [0.5, 0.6) is 11.5 Å². The molecule has 1 aromatic carbocycles. The molecule has 0 unspecified atom stereocenters. The van der Waals surface area contributed by atoms with Gasteiger partial charge in [-0.15, -0.1) is 0 Å². The summed E-state index contributed by atoms with van der Waals surface area (Å²) in [5, 5.41) is 13.8. The normalized spacial score (nSPS) is 23.3. The Morgan fingerprint density at radius 3 is 2.77 bits per heavy atom. The van der Waals surface area contributed by atoms with E-state index in [-0.39, 0.29) is 22.7 Å². The van der Waals surface area contributed by atoms with Gasteiger partial charge in [-0.2, -0.15) is 5.10 Å². The van der Waals surface area contributed by atoms with Crippen molar-refractivity contribution in [1.82, 2.24) is 14.5 Å². The first-order valence-electron chi connectivity index (χ1n) is 8.51. The van der Waals surface area contributed by atoms with Gasteiger partial charge in [0.05, 0.1) is 18.3 Å². The summed E-state index contributed by atoms with van der Waals surface area (Å²) in [5.74, 6) is 0.682. The molecule has 2 heterocycles. The maximum atomic E-state index is 13.1. The number of fused-ring (bicyclic) bond motifs is 1. The molecule has 0 spiro atoms.